The molecular formula is C15H26N4. The molecule has 0 aromatic carbocycles. The van der Waals surface area contributed by atoms with Crippen molar-refractivity contribution in [1.29, 1.82) is 0 Å². The number of hydrogen-bond acceptors (Lipinski definition) is 3. The third-order valence-electron chi connectivity index (χ3n) is 4.75. The van der Waals surface area contributed by atoms with Crippen molar-refractivity contribution >= 4 is 5.95 Å². The summed E-state index contributed by atoms with van der Waals surface area (Å²) in [7, 11) is 0. The molecule has 2 fully saturated rings. The summed E-state index contributed by atoms with van der Waals surface area (Å²) in [4.78, 5) is 7.34. The molecule has 1 aromatic rings. The van der Waals surface area contributed by atoms with E-state index < -0.39 is 0 Å². The van der Waals surface area contributed by atoms with Gasteiger partial charge in [-0.15, -0.1) is 0 Å². The highest BCUT2D eigenvalue weighted by Crippen LogP contribution is 2.35. The average molecular weight is 262 g/mol. The van der Waals surface area contributed by atoms with Crippen molar-refractivity contribution in [2.45, 2.75) is 64.0 Å². The Hall–Kier alpha value is -1.03. The van der Waals surface area contributed by atoms with Crippen molar-refractivity contribution in [3.05, 3.63) is 11.9 Å². The summed E-state index contributed by atoms with van der Waals surface area (Å²) in [6.07, 6.45) is 11.1. The quantitative estimate of drug-likeness (QED) is 0.907. The molecule has 4 heteroatoms. The predicted molar refractivity (Wildman–Crippen MR) is 78.5 cm³/mol. The van der Waals surface area contributed by atoms with E-state index in [4.69, 9.17) is 10.7 Å². The number of rotatable bonds is 4. The van der Waals surface area contributed by atoms with Gasteiger partial charge < -0.3 is 15.2 Å². The molecule has 2 heterocycles. The van der Waals surface area contributed by atoms with E-state index >= 15 is 0 Å². The summed E-state index contributed by atoms with van der Waals surface area (Å²) in [5.41, 5.74) is 7.15. The lowest BCUT2D eigenvalue weighted by atomic mass is 10.2. The minimum atomic E-state index is 0.493. The highest BCUT2D eigenvalue weighted by atomic mass is 15.3. The number of nitrogens with two attached hydrogens (primary N) is 1. The molecule has 1 unspecified atom stereocenters. The van der Waals surface area contributed by atoms with Crippen LogP contribution >= 0.6 is 0 Å². The summed E-state index contributed by atoms with van der Waals surface area (Å²) in [5.74, 6) is 1.19. The van der Waals surface area contributed by atoms with Gasteiger partial charge >= 0.3 is 0 Å². The standard InChI is InChI=1S/C15H26N4/c1-2-12-11-19(13-6-3-4-7-13)15(17-12)18-9-5-8-14(18)10-16/h11,13-14H,2-10,16H2,1H3. The van der Waals surface area contributed by atoms with Crippen molar-refractivity contribution in [2.24, 2.45) is 5.73 Å². The molecule has 1 saturated heterocycles. The maximum atomic E-state index is 5.93. The van der Waals surface area contributed by atoms with E-state index in [2.05, 4.69) is 22.6 Å². The van der Waals surface area contributed by atoms with Gasteiger partial charge in [-0.05, 0) is 32.1 Å². The molecule has 1 aliphatic carbocycles. The molecule has 0 amide bonds. The van der Waals surface area contributed by atoms with Gasteiger partial charge in [0.1, 0.15) is 0 Å². The third kappa shape index (κ3) is 2.38. The molecule has 106 valence electrons. The number of imidazole rings is 1. The number of nitrogens with zero attached hydrogens (tertiary/aromatic N) is 3. The van der Waals surface area contributed by atoms with Crippen molar-refractivity contribution in [3.8, 4) is 0 Å². The molecule has 2 N–H and O–H groups in total. The highest BCUT2D eigenvalue weighted by Gasteiger charge is 2.29. The van der Waals surface area contributed by atoms with Gasteiger partial charge in [0.25, 0.3) is 0 Å². The monoisotopic (exact) mass is 262 g/mol. The van der Waals surface area contributed by atoms with Crippen LogP contribution in [0.25, 0.3) is 0 Å². The Balaban J connectivity index is 1.92. The lowest BCUT2D eigenvalue weighted by Gasteiger charge is -2.27. The summed E-state index contributed by atoms with van der Waals surface area (Å²) in [6.45, 7) is 4.06. The molecule has 1 saturated carbocycles. The molecule has 0 radical (unpaired) electrons. The van der Waals surface area contributed by atoms with Crippen LogP contribution in [0.1, 0.15) is 57.2 Å². The molecule has 0 bridgehead atoms. The molecule has 1 aliphatic heterocycles. The van der Waals surface area contributed by atoms with E-state index in [0.29, 0.717) is 12.1 Å². The second kappa shape index (κ2) is 5.53. The normalized spacial score (nSPS) is 24.5. The van der Waals surface area contributed by atoms with Gasteiger partial charge in [-0.25, -0.2) is 4.98 Å². The third-order valence-corrected chi connectivity index (χ3v) is 4.75. The summed E-state index contributed by atoms with van der Waals surface area (Å²) in [6, 6.07) is 1.16. The van der Waals surface area contributed by atoms with Crippen LogP contribution in [0, 0.1) is 0 Å². The van der Waals surface area contributed by atoms with Crippen LogP contribution in [0.15, 0.2) is 6.20 Å². The van der Waals surface area contributed by atoms with Gasteiger partial charge in [0.2, 0.25) is 5.95 Å². The van der Waals surface area contributed by atoms with Gasteiger partial charge in [0.05, 0.1) is 5.69 Å². The maximum absolute atomic E-state index is 5.93. The lowest BCUT2D eigenvalue weighted by molar-refractivity contribution is 0.508. The predicted octanol–water partition coefficient (Wildman–Crippen LogP) is 2.49. The highest BCUT2D eigenvalue weighted by molar-refractivity contribution is 5.38. The van der Waals surface area contributed by atoms with E-state index in [-0.39, 0.29) is 0 Å². The Morgan fingerprint density at radius 3 is 2.74 bits per heavy atom. The minimum absolute atomic E-state index is 0.493. The Labute approximate surface area is 116 Å². The zero-order valence-electron chi connectivity index (χ0n) is 12.0. The molecule has 19 heavy (non-hydrogen) atoms. The minimum Gasteiger partial charge on any atom is -0.338 e. The Morgan fingerprint density at radius 2 is 2.05 bits per heavy atom. The van der Waals surface area contributed by atoms with Crippen LogP contribution < -0.4 is 10.6 Å². The van der Waals surface area contributed by atoms with Gasteiger partial charge in [-0.3, -0.25) is 0 Å². The molecule has 0 spiro atoms. The number of aromatic nitrogens is 2. The fraction of sp³-hybridized carbons (Fsp3) is 0.800. The van der Waals surface area contributed by atoms with Gasteiger partial charge in [0.15, 0.2) is 0 Å². The van der Waals surface area contributed by atoms with E-state index in [9.17, 15) is 0 Å². The van der Waals surface area contributed by atoms with Crippen molar-refractivity contribution in [2.75, 3.05) is 18.0 Å². The van der Waals surface area contributed by atoms with Crippen LogP contribution in [0.4, 0.5) is 5.95 Å². The second-order valence-electron chi connectivity index (χ2n) is 5.96. The SMILES string of the molecule is CCc1cn(C2CCCC2)c(N2CCCC2CN)n1. The summed E-state index contributed by atoms with van der Waals surface area (Å²) in [5, 5.41) is 0. The first kappa shape index (κ1) is 13.0. The topological polar surface area (TPSA) is 47.1 Å². The zero-order chi connectivity index (χ0) is 13.2. The molecule has 3 rings (SSSR count). The van der Waals surface area contributed by atoms with Crippen LogP contribution in [-0.2, 0) is 6.42 Å². The summed E-state index contributed by atoms with van der Waals surface area (Å²) < 4.78 is 2.46. The molecule has 1 atom stereocenters. The fourth-order valence-corrected chi connectivity index (χ4v) is 3.61. The van der Waals surface area contributed by atoms with E-state index in [0.717, 1.165) is 19.5 Å². The number of aryl methyl sites for hydroxylation is 1. The van der Waals surface area contributed by atoms with E-state index in [1.165, 1.54) is 50.2 Å². The largest absolute Gasteiger partial charge is 0.338 e. The molecule has 4 nitrogen and oxygen atoms in total. The Kier molecular flexibility index (Phi) is 3.78. The Morgan fingerprint density at radius 1 is 1.26 bits per heavy atom. The van der Waals surface area contributed by atoms with E-state index in [1.807, 2.05) is 0 Å². The van der Waals surface area contributed by atoms with Gasteiger partial charge in [0, 0.05) is 31.4 Å². The van der Waals surface area contributed by atoms with Gasteiger partial charge in [-0.2, -0.15) is 0 Å². The molecule has 1 aromatic heterocycles. The number of anilines is 1. The van der Waals surface area contributed by atoms with Gasteiger partial charge in [-0.1, -0.05) is 19.8 Å². The van der Waals surface area contributed by atoms with Crippen LogP contribution in [0.3, 0.4) is 0 Å². The molecular weight excluding hydrogens is 236 g/mol. The van der Waals surface area contributed by atoms with Crippen LogP contribution in [0.5, 0.6) is 0 Å². The lowest BCUT2D eigenvalue weighted by Crippen LogP contribution is -2.37. The van der Waals surface area contributed by atoms with Crippen LogP contribution in [-0.4, -0.2) is 28.7 Å². The fourth-order valence-electron chi connectivity index (χ4n) is 3.61. The smallest absolute Gasteiger partial charge is 0.206 e. The zero-order valence-corrected chi connectivity index (χ0v) is 12.0. The Bertz CT molecular complexity index is 420. The first-order chi connectivity index (χ1) is 9.33. The maximum Gasteiger partial charge on any atom is 0.206 e. The summed E-state index contributed by atoms with van der Waals surface area (Å²) >= 11 is 0. The second-order valence-corrected chi connectivity index (χ2v) is 5.96. The number of hydrogen-bond donors (Lipinski definition) is 1. The first-order valence-corrected chi connectivity index (χ1v) is 7.88. The molecule has 2 aliphatic rings. The van der Waals surface area contributed by atoms with Crippen molar-refractivity contribution in [3.63, 3.8) is 0 Å². The van der Waals surface area contributed by atoms with Crippen LogP contribution in [0.2, 0.25) is 0 Å². The first-order valence-electron chi connectivity index (χ1n) is 7.88. The van der Waals surface area contributed by atoms with Crippen molar-refractivity contribution < 1.29 is 0 Å². The van der Waals surface area contributed by atoms with Crippen molar-refractivity contribution in [1.82, 2.24) is 9.55 Å². The average Bonchev–Trinajstić information content (AvgIpc) is 3.16. The van der Waals surface area contributed by atoms with E-state index in [1.54, 1.807) is 0 Å².